The number of rotatable bonds is 3. The number of allylic oxidation sites excluding steroid dienone is 4. The molecule has 0 aromatic rings. The predicted octanol–water partition coefficient (Wildman–Crippen LogP) is 3.89. The summed E-state index contributed by atoms with van der Waals surface area (Å²) in [6, 6.07) is 0. The molecule has 0 amide bonds. The van der Waals surface area contributed by atoms with E-state index in [-0.39, 0.29) is 4.31 Å². The Morgan fingerprint density at radius 2 is 2.07 bits per heavy atom. The average Bonchev–Trinajstić information content (AvgIpc) is 2.88. The number of hydrogen-bond acceptors (Lipinski definition) is 0. The molecule has 2 bridgehead atoms. The molecule has 1 fully saturated rings. The van der Waals surface area contributed by atoms with Crippen LogP contribution in [0.15, 0.2) is 24.3 Å². The second-order valence-electron chi connectivity index (χ2n) is 5.42. The molecule has 0 aliphatic heterocycles. The van der Waals surface area contributed by atoms with Gasteiger partial charge in [-0.2, -0.15) is 0 Å². The first-order chi connectivity index (χ1) is 7.24. The third-order valence-corrected chi connectivity index (χ3v) is 5.39. The van der Waals surface area contributed by atoms with Crippen LogP contribution < -0.4 is 0 Å². The molecule has 5 atom stereocenters. The van der Waals surface area contributed by atoms with Crippen molar-refractivity contribution in [3.63, 3.8) is 0 Å². The van der Waals surface area contributed by atoms with Gasteiger partial charge in [0.25, 0.3) is 0 Å². The van der Waals surface area contributed by atoms with Gasteiger partial charge in [0, 0.05) is 0 Å². The average molecular weight is 243 g/mol. The Bertz CT molecular complexity index is 317. The molecule has 0 N–H and O–H groups in total. The Morgan fingerprint density at radius 3 is 2.87 bits per heavy atom. The van der Waals surface area contributed by atoms with Crippen LogP contribution in [-0.4, -0.2) is 0 Å². The molecule has 0 radical (unpaired) electrons. The Morgan fingerprint density at radius 1 is 1.27 bits per heavy atom. The van der Waals surface area contributed by atoms with Gasteiger partial charge in [0.1, 0.15) is 0 Å². The summed E-state index contributed by atoms with van der Waals surface area (Å²) < 4.78 is 0.269. The number of unbranched alkanes of at least 4 members (excludes halogenated alkanes) is 1. The van der Waals surface area contributed by atoms with Gasteiger partial charge in [0.05, 0.1) is 0 Å². The summed E-state index contributed by atoms with van der Waals surface area (Å²) in [4.78, 5) is 0. The van der Waals surface area contributed by atoms with Crippen molar-refractivity contribution in [1.82, 2.24) is 0 Å². The SMILES string of the molecule is CCCC[C]1([Fe])C=CC2C3C=CC(C3)C21. The van der Waals surface area contributed by atoms with Crippen molar-refractivity contribution < 1.29 is 16.0 Å². The van der Waals surface area contributed by atoms with Crippen molar-refractivity contribution in [2.24, 2.45) is 23.7 Å². The van der Waals surface area contributed by atoms with Crippen molar-refractivity contribution in [1.29, 1.82) is 0 Å². The zero-order valence-electron chi connectivity index (χ0n) is 9.30. The third-order valence-electron chi connectivity index (χ3n) is 4.57. The van der Waals surface area contributed by atoms with Gasteiger partial charge in [-0.1, -0.05) is 0 Å². The summed E-state index contributed by atoms with van der Waals surface area (Å²) in [7, 11) is 0. The molecule has 1 heteroatoms. The van der Waals surface area contributed by atoms with Gasteiger partial charge in [-0.3, -0.25) is 0 Å². The molecular weight excluding hydrogens is 224 g/mol. The maximum atomic E-state index is 4.55. The predicted molar refractivity (Wildman–Crippen MR) is 59.1 cm³/mol. The van der Waals surface area contributed by atoms with Crippen molar-refractivity contribution in [3.05, 3.63) is 24.3 Å². The minimum atomic E-state index is 0.269. The van der Waals surface area contributed by atoms with Crippen LogP contribution in [0.5, 0.6) is 0 Å². The molecular formula is C14H19Fe. The first-order valence-electron chi connectivity index (χ1n) is 6.30. The Labute approximate surface area is 101 Å². The van der Waals surface area contributed by atoms with Gasteiger partial charge >= 0.3 is 101 Å². The van der Waals surface area contributed by atoms with Crippen LogP contribution in [-0.2, 0) is 16.0 Å². The van der Waals surface area contributed by atoms with Gasteiger partial charge < -0.3 is 0 Å². The molecule has 83 valence electrons. The first kappa shape index (κ1) is 10.2. The van der Waals surface area contributed by atoms with Gasteiger partial charge in [-0.25, -0.2) is 0 Å². The summed E-state index contributed by atoms with van der Waals surface area (Å²) in [6.45, 7) is 2.28. The second-order valence-corrected chi connectivity index (χ2v) is 6.45. The van der Waals surface area contributed by atoms with Crippen molar-refractivity contribution in [2.75, 3.05) is 0 Å². The van der Waals surface area contributed by atoms with Gasteiger partial charge in [0.2, 0.25) is 0 Å². The molecule has 0 heterocycles. The van der Waals surface area contributed by atoms with Gasteiger partial charge in [0.15, 0.2) is 0 Å². The van der Waals surface area contributed by atoms with E-state index in [0.29, 0.717) is 0 Å². The molecule has 3 aliphatic carbocycles. The van der Waals surface area contributed by atoms with E-state index in [1.165, 1.54) is 25.7 Å². The summed E-state index contributed by atoms with van der Waals surface area (Å²) >= 11 is 4.55. The van der Waals surface area contributed by atoms with Crippen LogP contribution in [0.3, 0.4) is 0 Å². The third kappa shape index (κ3) is 1.40. The van der Waals surface area contributed by atoms with Crippen LogP contribution in [0.2, 0.25) is 4.31 Å². The van der Waals surface area contributed by atoms with E-state index in [4.69, 9.17) is 0 Å². The van der Waals surface area contributed by atoms with Crippen LogP contribution >= 0.6 is 0 Å². The zero-order valence-corrected chi connectivity index (χ0v) is 10.4. The molecule has 0 saturated heterocycles. The summed E-state index contributed by atoms with van der Waals surface area (Å²) in [6.07, 6.45) is 15.1. The Balaban J connectivity index is 1.82. The van der Waals surface area contributed by atoms with Crippen LogP contribution in [0, 0.1) is 23.7 Å². The minimum absolute atomic E-state index is 0.269. The normalized spacial score (nSPS) is 50.3. The number of fused-ring (bicyclic) bond motifs is 5. The van der Waals surface area contributed by atoms with Crippen LogP contribution in [0.25, 0.3) is 0 Å². The summed E-state index contributed by atoms with van der Waals surface area (Å²) in [5, 5.41) is 0. The van der Waals surface area contributed by atoms with Crippen molar-refractivity contribution in [3.8, 4) is 0 Å². The van der Waals surface area contributed by atoms with E-state index in [0.717, 1.165) is 23.7 Å². The quantitative estimate of drug-likeness (QED) is 0.521. The van der Waals surface area contributed by atoms with E-state index < -0.39 is 0 Å². The van der Waals surface area contributed by atoms with E-state index in [9.17, 15) is 0 Å². The molecule has 15 heavy (non-hydrogen) atoms. The van der Waals surface area contributed by atoms with E-state index in [1.54, 1.807) is 0 Å². The zero-order chi connectivity index (χ0) is 10.5. The van der Waals surface area contributed by atoms with Gasteiger partial charge in [-0.15, -0.1) is 0 Å². The fourth-order valence-corrected chi connectivity index (χ4v) is 4.61. The Kier molecular flexibility index (Phi) is 2.37. The topological polar surface area (TPSA) is 0 Å². The fourth-order valence-electron chi connectivity index (χ4n) is 3.86. The molecule has 0 aromatic carbocycles. The molecule has 3 aliphatic rings. The molecule has 0 nitrogen and oxygen atoms in total. The Hall–Kier alpha value is -0.000519. The molecule has 5 unspecified atom stereocenters. The molecule has 0 aromatic heterocycles. The first-order valence-corrected chi connectivity index (χ1v) is 6.85. The fraction of sp³-hybridized carbons (Fsp3) is 0.714. The molecule has 0 spiro atoms. The van der Waals surface area contributed by atoms with E-state index in [2.05, 4.69) is 47.2 Å². The van der Waals surface area contributed by atoms with Crippen LogP contribution in [0.1, 0.15) is 32.6 Å². The molecule has 1 saturated carbocycles. The standard InChI is InChI=1S/C14H19.Fe/c1-2-3-4-10-7-8-13-11-5-6-12(9-11)14(10)13;/h5-8,11-14H,2-4,9H2,1H3;. The second kappa shape index (κ2) is 3.50. The number of hydrogen-bond donors (Lipinski definition) is 0. The van der Waals surface area contributed by atoms with Crippen molar-refractivity contribution in [2.45, 2.75) is 36.9 Å². The maximum absolute atomic E-state index is 4.55. The monoisotopic (exact) mass is 243 g/mol. The van der Waals surface area contributed by atoms with Crippen molar-refractivity contribution >= 4 is 0 Å². The van der Waals surface area contributed by atoms with E-state index in [1.807, 2.05) is 0 Å². The van der Waals surface area contributed by atoms with Gasteiger partial charge in [-0.05, 0) is 0 Å². The van der Waals surface area contributed by atoms with E-state index >= 15 is 0 Å². The molecule has 3 rings (SSSR count). The summed E-state index contributed by atoms with van der Waals surface area (Å²) in [5.41, 5.74) is 0. The summed E-state index contributed by atoms with van der Waals surface area (Å²) in [5.74, 6) is 3.35. The van der Waals surface area contributed by atoms with Crippen LogP contribution in [0.4, 0.5) is 0 Å².